The lowest BCUT2D eigenvalue weighted by Crippen LogP contribution is -2.39. The van der Waals surface area contributed by atoms with E-state index in [2.05, 4.69) is 9.97 Å². The van der Waals surface area contributed by atoms with Crippen molar-refractivity contribution in [2.24, 2.45) is 0 Å². The van der Waals surface area contributed by atoms with E-state index in [4.69, 9.17) is 4.74 Å². The number of aromatic nitrogens is 3. The summed E-state index contributed by atoms with van der Waals surface area (Å²) in [5, 5.41) is 0.576. The minimum absolute atomic E-state index is 0.0666. The third kappa shape index (κ3) is 3.22. The highest BCUT2D eigenvalue weighted by molar-refractivity contribution is 7.18. The van der Waals surface area contributed by atoms with Gasteiger partial charge in [-0.05, 0) is 38.0 Å². The molecule has 0 radical (unpaired) electrons. The Morgan fingerprint density at radius 3 is 2.93 bits per heavy atom. The Morgan fingerprint density at radius 2 is 2.21 bits per heavy atom. The number of fused-ring (bicyclic) bond motifs is 3. The average Bonchev–Trinajstić information content (AvgIpc) is 3.03. The van der Waals surface area contributed by atoms with Crippen molar-refractivity contribution in [3.05, 3.63) is 55.8 Å². The maximum absolute atomic E-state index is 12.8. The van der Waals surface area contributed by atoms with E-state index in [9.17, 15) is 14.4 Å². The third-order valence-corrected chi connectivity index (χ3v) is 5.93. The first-order valence-corrected chi connectivity index (χ1v) is 9.87. The molecule has 0 saturated carbocycles. The van der Waals surface area contributed by atoms with E-state index in [1.54, 1.807) is 29.4 Å². The Morgan fingerprint density at radius 1 is 1.39 bits per heavy atom. The zero-order chi connectivity index (χ0) is 19.8. The highest BCUT2D eigenvalue weighted by Crippen LogP contribution is 2.32. The van der Waals surface area contributed by atoms with Crippen LogP contribution in [-0.4, -0.2) is 38.5 Å². The van der Waals surface area contributed by atoms with Crippen LogP contribution >= 0.6 is 11.3 Å². The Labute approximate surface area is 164 Å². The van der Waals surface area contributed by atoms with Crippen molar-refractivity contribution in [1.29, 1.82) is 0 Å². The molecule has 0 saturated heterocycles. The molecule has 9 heteroatoms. The molecule has 146 valence electrons. The molecule has 4 rings (SSSR count). The van der Waals surface area contributed by atoms with E-state index in [0.29, 0.717) is 35.5 Å². The molecule has 0 fully saturated rings. The summed E-state index contributed by atoms with van der Waals surface area (Å²) in [6, 6.07) is 3.27. The number of nitrogens with one attached hydrogen (secondary N) is 1. The fourth-order valence-corrected chi connectivity index (χ4v) is 4.68. The minimum atomic E-state index is -0.399. The molecule has 0 bridgehead atoms. The van der Waals surface area contributed by atoms with Crippen LogP contribution in [0.1, 0.15) is 30.3 Å². The molecule has 8 nitrogen and oxygen atoms in total. The molecule has 0 spiro atoms. The van der Waals surface area contributed by atoms with Gasteiger partial charge in [-0.25, -0.2) is 4.79 Å². The van der Waals surface area contributed by atoms with Crippen molar-refractivity contribution >= 4 is 27.5 Å². The van der Waals surface area contributed by atoms with Crippen LogP contribution in [-0.2, 0) is 17.8 Å². The fourth-order valence-electron chi connectivity index (χ4n) is 3.44. The lowest BCUT2D eigenvalue weighted by Gasteiger charge is -2.26. The molecule has 0 unspecified atom stereocenters. The van der Waals surface area contributed by atoms with Gasteiger partial charge in [0.25, 0.3) is 11.5 Å². The molecule has 0 atom stereocenters. The highest BCUT2D eigenvalue weighted by Gasteiger charge is 2.27. The summed E-state index contributed by atoms with van der Waals surface area (Å²) in [4.78, 5) is 47.6. The van der Waals surface area contributed by atoms with Crippen molar-refractivity contribution in [3.8, 4) is 5.75 Å². The van der Waals surface area contributed by atoms with Crippen LogP contribution in [0.4, 0.5) is 0 Å². The standard InChI is InChI=1S/C19H20N4O4S/c1-11(2)23-18(25)16-13-5-7-22(9-14(13)28-17(16)21-19(23)26)15(24)10-27-12-4-3-6-20-8-12/h3-4,6,8,11H,5,7,9-10H2,1-2H3,(H,21,26). The summed E-state index contributed by atoms with van der Waals surface area (Å²) in [6.45, 7) is 4.47. The molecule has 1 aliphatic heterocycles. The smallest absolute Gasteiger partial charge is 0.329 e. The number of hydrogen-bond acceptors (Lipinski definition) is 6. The van der Waals surface area contributed by atoms with Crippen LogP contribution in [0.2, 0.25) is 0 Å². The van der Waals surface area contributed by atoms with Crippen LogP contribution in [0.25, 0.3) is 10.2 Å². The normalized spacial score (nSPS) is 13.8. The largest absolute Gasteiger partial charge is 0.482 e. The van der Waals surface area contributed by atoms with Gasteiger partial charge in [0.2, 0.25) is 0 Å². The first-order chi connectivity index (χ1) is 13.5. The fraction of sp³-hybridized carbons (Fsp3) is 0.368. The minimum Gasteiger partial charge on any atom is -0.482 e. The van der Waals surface area contributed by atoms with Gasteiger partial charge in [0.15, 0.2) is 6.61 Å². The van der Waals surface area contributed by atoms with Crippen molar-refractivity contribution in [3.63, 3.8) is 0 Å². The number of carbonyl (C=O) groups excluding carboxylic acids is 1. The van der Waals surface area contributed by atoms with Gasteiger partial charge >= 0.3 is 5.69 Å². The number of carbonyl (C=O) groups is 1. The van der Waals surface area contributed by atoms with Crippen LogP contribution in [0.15, 0.2) is 34.1 Å². The molecule has 28 heavy (non-hydrogen) atoms. The Hall–Kier alpha value is -2.94. The van der Waals surface area contributed by atoms with Crippen molar-refractivity contribution in [1.82, 2.24) is 19.4 Å². The lowest BCUT2D eigenvalue weighted by molar-refractivity contribution is -0.134. The Balaban J connectivity index is 1.58. The summed E-state index contributed by atoms with van der Waals surface area (Å²) < 4.78 is 6.74. The van der Waals surface area contributed by atoms with Gasteiger partial charge in [-0.2, -0.15) is 0 Å². The average molecular weight is 400 g/mol. The molecular formula is C19H20N4O4S. The van der Waals surface area contributed by atoms with Crippen molar-refractivity contribution < 1.29 is 9.53 Å². The summed E-state index contributed by atoms with van der Waals surface area (Å²) in [7, 11) is 0. The maximum atomic E-state index is 12.8. The Kier molecular flexibility index (Phi) is 4.76. The number of nitrogens with zero attached hydrogens (tertiary/aromatic N) is 3. The zero-order valence-corrected chi connectivity index (χ0v) is 16.4. The van der Waals surface area contributed by atoms with Crippen LogP contribution in [0.3, 0.4) is 0 Å². The number of H-pyrrole nitrogens is 1. The van der Waals surface area contributed by atoms with Crippen LogP contribution < -0.4 is 16.0 Å². The lowest BCUT2D eigenvalue weighted by atomic mass is 10.1. The van der Waals surface area contributed by atoms with Gasteiger partial charge in [0.1, 0.15) is 10.6 Å². The second-order valence-corrected chi connectivity index (χ2v) is 8.05. The highest BCUT2D eigenvalue weighted by atomic mass is 32.1. The second-order valence-electron chi connectivity index (χ2n) is 6.95. The van der Waals surface area contributed by atoms with E-state index in [-0.39, 0.29) is 24.1 Å². The van der Waals surface area contributed by atoms with Gasteiger partial charge < -0.3 is 9.64 Å². The summed E-state index contributed by atoms with van der Waals surface area (Å²) in [6.07, 6.45) is 3.77. The number of ether oxygens (including phenoxy) is 1. The van der Waals surface area contributed by atoms with E-state index in [1.807, 2.05) is 13.8 Å². The Bertz CT molecular complexity index is 1150. The number of pyridine rings is 1. The van der Waals surface area contributed by atoms with E-state index in [1.165, 1.54) is 15.9 Å². The number of thiophene rings is 1. The predicted octanol–water partition coefficient (Wildman–Crippen LogP) is 1.69. The van der Waals surface area contributed by atoms with Gasteiger partial charge in [-0.1, -0.05) is 0 Å². The number of amides is 1. The summed E-state index contributed by atoms with van der Waals surface area (Å²) in [5.41, 5.74) is 0.280. The molecule has 3 aromatic heterocycles. The topological polar surface area (TPSA) is 97.3 Å². The molecule has 1 aliphatic rings. The van der Waals surface area contributed by atoms with E-state index < -0.39 is 5.69 Å². The summed E-state index contributed by atoms with van der Waals surface area (Å²) in [5.74, 6) is 0.419. The molecule has 1 N–H and O–H groups in total. The summed E-state index contributed by atoms with van der Waals surface area (Å²) >= 11 is 1.37. The van der Waals surface area contributed by atoms with Gasteiger partial charge in [0, 0.05) is 23.7 Å². The molecule has 1 amide bonds. The molecular weight excluding hydrogens is 380 g/mol. The number of rotatable bonds is 4. The first-order valence-electron chi connectivity index (χ1n) is 9.05. The van der Waals surface area contributed by atoms with Gasteiger partial charge in [-0.3, -0.25) is 24.1 Å². The predicted molar refractivity (Wildman–Crippen MR) is 106 cm³/mol. The molecule has 4 heterocycles. The number of hydrogen-bond donors (Lipinski definition) is 1. The monoisotopic (exact) mass is 400 g/mol. The second kappa shape index (κ2) is 7.23. The van der Waals surface area contributed by atoms with Crippen LogP contribution in [0, 0.1) is 0 Å². The molecule has 0 aliphatic carbocycles. The number of aromatic amines is 1. The zero-order valence-electron chi connectivity index (χ0n) is 15.6. The SMILES string of the molecule is CC(C)n1c(=O)[nH]c2sc3c(c2c1=O)CCN(C(=O)COc1cccnc1)C3. The van der Waals surface area contributed by atoms with Crippen LogP contribution in [0.5, 0.6) is 5.75 Å². The van der Waals surface area contributed by atoms with E-state index in [0.717, 1.165) is 10.4 Å². The van der Waals surface area contributed by atoms with Gasteiger partial charge in [0.05, 0.1) is 18.1 Å². The molecule has 0 aromatic carbocycles. The third-order valence-electron chi connectivity index (χ3n) is 4.79. The first kappa shape index (κ1) is 18.4. The quantitative estimate of drug-likeness (QED) is 0.719. The molecule has 3 aromatic rings. The maximum Gasteiger partial charge on any atom is 0.329 e. The van der Waals surface area contributed by atoms with Gasteiger partial charge in [-0.15, -0.1) is 11.3 Å². The van der Waals surface area contributed by atoms with Crippen molar-refractivity contribution in [2.75, 3.05) is 13.2 Å². The van der Waals surface area contributed by atoms with E-state index >= 15 is 0 Å². The van der Waals surface area contributed by atoms with Crippen molar-refractivity contribution in [2.45, 2.75) is 32.9 Å².